The lowest BCUT2D eigenvalue weighted by molar-refractivity contribution is -0.146. The first-order valence-corrected chi connectivity index (χ1v) is 5.16. The second-order valence-corrected chi connectivity index (χ2v) is 3.50. The van der Waals surface area contributed by atoms with Crippen LogP contribution in [-0.4, -0.2) is 45.8 Å². The van der Waals surface area contributed by atoms with Crippen LogP contribution in [0.2, 0.25) is 0 Å². The summed E-state index contributed by atoms with van der Waals surface area (Å²) < 4.78 is 0. The van der Waals surface area contributed by atoms with Crippen LogP contribution in [0, 0.1) is 6.67 Å². The van der Waals surface area contributed by atoms with E-state index in [9.17, 15) is 14.4 Å². The van der Waals surface area contributed by atoms with E-state index in [1.54, 1.807) is 0 Å². The lowest BCUT2D eigenvalue weighted by Crippen LogP contribution is -2.55. The summed E-state index contributed by atoms with van der Waals surface area (Å²) in [5.74, 6) is -1.18. The van der Waals surface area contributed by atoms with Crippen LogP contribution in [0.5, 0.6) is 0 Å². The lowest BCUT2D eigenvalue weighted by Gasteiger charge is -2.40. The molecule has 0 bridgehead atoms. The van der Waals surface area contributed by atoms with E-state index in [0.29, 0.717) is 0 Å². The first-order chi connectivity index (χ1) is 8.53. The first-order valence-electron chi connectivity index (χ1n) is 5.16. The van der Waals surface area contributed by atoms with Gasteiger partial charge in [-0.1, -0.05) is 19.7 Å². The molecule has 1 rings (SSSR count). The van der Waals surface area contributed by atoms with Crippen LogP contribution >= 0.6 is 0 Å². The van der Waals surface area contributed by atoms with Gasteiger partial charge in [0.2, 0.25) is 17.7 Å². The molecule has 0 aromatic carbocycles. The van der Waals surface area contributed by atoms with E-state index in [0.717, 1.165) is 18.2 Å². The molecule has 0 unspecified atom stereocenters. The number of hydrogen-bond acceptors (Lipinski definition) is 3. The van der Waals surface area contributed by atoms with E-state index in [2.05, 4.69) is 19.7 Å². The largest absolute Gasteiger partial charge is 0.303 e. The molecule has 0 aromatic rings. The van der Waals surface area contributed by atoms with Crippen molar-refractivity contribution >= 4 is 17.7 Å². The molecule has 1 radical (unpaired) electrons. The third kappa shape index (κ3) is 2.85. The maximum atomic E-state index is 11.5. The van der Waals surface area contributed by atoms with Crippen molar-refractivity contribution < 1.29 is 14.4 Å². The number of carbonyl (C=O) groups excluding carboxylic acids is 3. The molecule has 1 fully saturated rings. The average molecular weight is 248 g/mol. The van der Waals surface area contributed by atoms with Crippen molar-refractivity contribution in [3.63, 3.8) is 0 Å². The zero-order valence-electron chi connectivity index (χ0n) is 9.91. The molecule has 0 N–H and O–H groups in total. The minimum Gasteiger partial charge on any atom is -0.303 e. The van der Waals surface area contributed by atoms with Crippen molar-refractivity contribution in [3.8, 4) is 0 Å². The summed E-state index contributed by atoms with van der Waals surface area (Å²) >= 11 is 0. The molecule has 1 aliphatic heterocycles. The van der Waals surface area contributed by atoms with Crippen LogP contribution < -0.4 is 0 Å². The number of rotatable bonds is 3. The molecular weight excluding hydrogens is 234 g/mol. The standard InChI is InChI=1S/C12H14N3O3/c1-4-10(16)13-7-14(11(17)5-2)9-15(8-13)12(18)6-3/h4-7H,1-3,8-9H2. The van der Waals surface area contributed by atoms with Gasteiger partial charge in [0, 0.05) is 0 Å². The highest BCUT2D eigenvalue weighted by Gasteiger charge is 2.29. The van der Waals surface area contributed by atoms with Crippen molar-refractivity contribution in [2.24, 2.45) is 0 Å². The van der Waals surface area contributed by atoms with Crippen molar-refractivity contribution in [2.75, 3.05) is 13.3 Å². The number of carbonyl (C=O) groups is 3. The molecule has 0 aromatic heterocycles. The van der Waals surface area contributed by atoms with E-state index in [1.807, 2.05) is 0 Å². The van der Waals surface area contributed by atoms with E-state index in [-0.39, 0.29) is 19.2 Å². The van der Waals surface area contributed by atoms with Gasteiger partial charge in [-0.05, 0) is 18.2 Å². The van der Waals surface area contributed by atoms with E-state index < -0.39 is 11.8 Å². The molecule has 1 heterocycles. The van der Waals surface area contributed by atoms with Gasteiger partial charge in [-0.2, -0.15) is 0 Å². The van der Waals surface area contributed by atoms with Gasteiger partial charge in [0.1, 0.15) is 20.0 Å². The Balaban J connectivity index is 2.91. The number of hydrogen-bond donors (Lipinski definition) is 0. The van der Waals surface area contributed by atoms with E-state index in [4.69, 9.17) is 0 Å². The Labute approximate surface area is 105 Å². The molecule has 1 saturated heterocycles. The molecule has 0 atom stereocenters. The summed E-state index contributed by atoms with van der Waals surface area (Å²) in [6.45, 7) is 11.5. The van der Waals surface area contributed by atoms with E-state index in [1.165, 1.54) is 21.4 Å². The summed E-state index contributed by atoms with van der Waals surface area (Å²) in [6.07, 6.45) is 3.34. The second kappa shape index (κ2) is 5.81. The van der Waals surface area contributed by atoms with Gasteiger partial charge in [-0.3, -0.25) is 24.2 Å². The van der Waals surface area contributed by atoms with Crippen molar-refractivity contribution in [3.05, 3.63) is 44.6 Å². The van der Waals surface area contributed by atoms with Crippen LogP contribution in [0.25, 0.3) is 0 Å². The fraction of sp³-hybridized carbons (Fsp3) is 0.167. The molecule has 0 spiro atoms. The minimum absolute atomic E-state index is 0.0522. The molecule has 0 saturated carbocycles. The SMILES string of the molecule is C=CC(=O)N1[CH]N(C(=O)C=C)CN(C(=O)C=C)C1. The molecule has 6 nitrogen and oxygen atoms in total. The predicted octanol–water partition coefficient (Wildman–Crippen LogP) is 0.0781. The fourth-order valence-electron chi connectivity index (χ4n) is 1.41. The van der Waals surface area contributed by atoms with Crippen molar-refractivity contribution in [1.82, 2.24) is 14.7 Å². The maximum Gasteiger partial charge on any atom is 0.249 e. The zero-order chi connectivity index (χ0) is 13.7. The molecule has 6 heteroatoms. The Bertz CT molecular complexity index is 349. The summed E-state index contributed by atoms with van der Waals surface area (Å²) in [7, 11) is 0. The normalized spacial score (nSPS) is 15.0. The zero-order valence-corrected chi connectivity index (χ0v) is 9.91. The van der Waals surface area contributed by atoms with Gasteiger partial charge in [0.25, 0.3) is 0 Å². The topological polar surface area (TPSA) is 60.9 Å². The predicted molar refractivity (Wildman–Crippen MR) is 65.2 cm³/mol. The van der Waals surface area contributed by atoms with Crippen LogP contribution in [0.15, 0.2) is 38.0 Å². The van der Waals surface area contributed by atoms with Crippen LogP contribution in [0.1, 0.15) is 0 Å². The minimum atomic E-state index is -0.404. The maximum absolute atomic E-state index is 11.5. The summed E-state index contributed by atoms with van der Waals surface area (Å²) in [6, 6.07) is 0. The monoisotopic (exact) mass is 248 g/mol. The van der Waals surface area contributed by atoms with Gasteiger partial charge in [0.05, 0.1) is 0 Å². The lowest BCUT2D eigenvalue weighted by atomic mass is 10.4. The van der Waals surface area contributed by atoms with Gasteiger partial charge in [-0.15, -0.1) is 0 Å². The fourth-order valence-corrected chi connectivity index (χ4v) is 1.41. The smallest absolute Gasteiger partial charge is 0.249 e. The Morgan fingerprint density at radius 3 is 1.56 bits per heavy atom. The number of nitrogens with zero attached hydrogens (tertiary/aromatic N) is 3. The third-order valence-corrected chi connectivity index (χ3v) is 2.33. The van der Waals surface area contributed by atoms with Crippen LogP contribution in [-0.2, 0) is 14.4 Å². The van der Waals surface area contributed by atoms with Gasteiger partial charge < -0.3 is 4.90 Å². The molecular formula is C12H14N3O3. The van der Waals surface area contributed by atoms with E-state index >= 15 is 0 Å². The Hall–Kier alpha value is -2.37. The Morgan fingerprint density at radius 1 is 0.833 bits per heavy atom. The number of amides is 3. The summed E-state index contributed by atoms with van der Waals surface area (Å²) in [4.78, 5) is 38.3. The highest BCUT2D eigenvalue weighted by atomic mass is 16.2. The average Bonchev–Trinajstić information content (AvgIpc) is 2.43. The quantitative estimate of drug-likeness (QED) is 0.664. The van der Waals surface area contributed by atoms with Crippen molar-refractivity contribution in [1.29, 1.82) is 0 Å². The Kier molecular flexibility index (Phi) is 4.42. The third-order valence-electron chi connectivity index (χ3n) is 2.33. The highest BCUT2D eigenvalue weighted by molar-refractivity contribution is 5.92. The van der Waals surface area contributed by atoms with Crippen LogP contribution in [0.4, 0.5) is 0 Å². The second-order valence-electron chi connectivity index (χ2n) is 3.50. The molecule has 18 heavy (non-hydrogen) atoms. The van der Waals surface area contributed by atoms with Gasteiger partial charge in [0.15, 0.2) is 0 Å². The first kappa shape index (κ1) is 13.7. The summed E-state index contributed by atoms with van der Waals surface area (Å²) in [5, 5.41) is 0. The molecule has 0 aliphatic carbocycles. The van der Waals surface area contributed by atoms with Gasteiger partial charge in [-0.25, -0.2) is 0 Å². The molecule has 1 aliphatic rings. The van der Waals surface area contributed by atoms with Crippen LogP contribution in [0.3, 0.4) is 0 Å². The Morgan fingerprint density at radius 2 is 1.22 bits per heavy atom. The summed E-state index contributed by atoms with van der Waals surface area (Å²) in [5.41, 5.74) is 0. The molecule has 95 valence electrons. The van der Waals surface area contributed by atoms with Gasteiger partial charge >= 0.3 is 0 Å². The van der Waals surface area contributed by atoms with Crippen molar-refractivity contribution in [2.45, 2.75) is 0 Å². The highest BCUT2D eigenvalue weighted by Crippen LogP contribution is 2.13. The molecule has 3 amide bonds.